The molecule has 0 atom stereocenters. The molecule has 0 aromatic heterocycles. The zero-order chi connectivity index (χ0) is 57.0. The Balaban J connectivity index is -0.000000100. The first-order valence-corrected chi connectivity index (χ1v) is 42.1. The number of hydrogen-bond acceptors (Lipinski definition) is 16. The van der Waals surface area contributed by atoms with Gasteiger partial charge in [0, 0.05) is 19.8 Å². The summed E-state index contributed by atoms with van der Waals surface area (Å²) in [6, 6.07) is 1.75. The summed E-state index contributed by atoms with van der Waals surface area (Å²) in [6.45, 7) is 24.5. The molecule has 0 aliphatic heterocycles. The molecule has 0 aromatic rings. The number of carbonyl (C=O) groups excluding carboxylic acids is 4. The van der Waals surface area contributed by atoms with Crippen molar-refractivity contribution < 1.29 is 121 Å². The van der Waals surface area contributed by atoms with Crippen LogP contribution in [0.4, 0.5) is 8.78 Å². The molecule has 0 fully saturated rings. The van der Waals surface area contributed by atoms with Gasteiger partial charge in [-0.25, -0.2) is 21.6 Å². The zero-order valence-corrected chi connectivity index (χ0v) is 58.1. The third kappa shape index (κ3) is 85.3. The molecule has 72 heavy (non-hydrogen) atoms. The molecule has 0 aliphatic rings. The first kappa shape index (κ1) is 92.7. The van der Waals surface area contributed by atoms with Crippen molar-refractivity contribution in [1.82, 2.24) is 4.90 Å². The van der Waals surface area contributed by atoms with Gasteiger partial charge in [0.2, 0.25) is 5.24 Å². The Kier molecular flexibility index (Phi) is 93.1. The van der Waals surface area contributed by atoms with Gasteiger partial charge < -0.3 is 38.2 Å². The minimum absolute atomic E-state index is 0. The second-order valence-electron chi connectivity index (χ2n) is 14.5. The summed E-state index contributed by atoms with van der Waals surface area (Å²) < 4.78 is 97.5. The van der Waals surface area contributed by atoms with E-state index in [9.17, 15) is 53.9 Å². The Morgan fingerprint density at radius 1 is 0.667 bits per heavy atom. The monoisotopic (exact) mass is 1560 g/mol. The maximum atomic E-state index is 12.2. The van der Waals surface area contributed by atoms with E-state index in [2.05, 4.69) is 130 Å². The van der Waals surface area contributed by atoms with Crippen molar-refractivity contribution in [3.8, 4) is 6.07 Å². The van der Waals surface area contributed by atoms with Crippen LogP contribution in [0.5, 0.6) is 0 Å². The van der Waals surface area contributed by atoms with E-state index in [4.69, 9.17) is 26.7 Å². The number of ether oxygens (including phenoxy) is 3. The molecular formula is C45H90ClF2I4N3NaO14S2-. The van der Waals surface area contributed by atoms with E-state index in [0.29, 0.717) is 26.1 Å². The first-order valence-electron chi connectivity index (χ1n) is 24.0. The molecule has 27 heteroatoms. The maximum absolute atomic E-state index is 12.2. The normalized spacial score (nSPS) is 10.2. The molecule has 0 radical (unpaired) electrons. The number of halogens is 7. The van der Waals surface area contributed by atoms with Crippen LogP contribution in [0.2, 0.25) is 0 Å². The van der Waals surface area contributed by atoms with Gasteiger partial charge in [-0.3, -0.25) is 14.4 Å². The third-order valence-corrected chi connectivity index (χ3v) is 10.7. The van der Waals surface area contributed by atoms with Crippen molar-refractivity contribution in [3.05, 3.63) is 0 Å². The smallest absolute Gasteiger partial charge is 0.743 e. The van der Waals surface area contributed by atoms with Crippen molar-refractivity contribution >= 4 is 115 Å². The fourth-order valence-electron chi connectivity index (χ4n) is 5.12. The van der Waals surface area contributed by atoms with Gasteiger partial charge in [0.1, 0.15) is 35.7 Å². The number of hydrogen-bond donors (Lipinski definition) is 2. The van der Waals surface area contributed by atoms with Gasteiger partial charge in [-0.15, -0.1) is 0 Å². The quantitative estimate of drug-likeness (QED) is 0.0139. The molecule has 0 heterocycles. The summed E-state index contributed by atoms with van der Waals surface area (Å²) in [5, 5.41) is 10.1. The van der Waals surface area contributed by atoms with Crippen molar-refractivity contribution in [2.45, 2.75) is 183 Å². The minimum atomic E-state index is -6.07. The number of quaternary nitrogens is 1. The number of alkyl halides is 3. The van der Waals surface area contributed by atoms with Gasteiger partial charge in [-0.05, 0) is 69.8 Å². The molecule has 17 nitrogen and oxygen atoms in total. The molecular weight excluding hydrogens is 1470 g/mol. The number of aliphatic hydroxyl groups is 1. The van der Waals surface area contributed by atoms with Crippen LogP contribution in [0, 0.1) is 11.3 Å². The third-order valence-electron chi connectivity index (χ3n) is 9.08. The van der Waals surface area contributed by atoms with Crippen LogP contribution in [0.15, 0.2) is 0 Å². The maximum Gasteiger partial charge on any atom is 1.00 e. The second kappa shape index (κ2) is 72.3. The van der Waals surface area contributed by atoms with Crippen LogP contribution in [0.3, 0.4) is 0 Å². The van der Waals surface area contributed by atoms with Crippen molar-refractivity contribution in [2.75, 3.05) is 76.4 Å². The summed E-state index contributed by atoms with van der Waals surface area (Å²) in [5.41, 5.74) is 0. The molecule has 0 bridgehead atoms. The van der Waals surface area contributed by atoms with Crippen LogP contribution >= 0.6 is 71.4 Å². The van der Waals surface area contributed by atoms with E-state index in [-0.39, 0.29) is 54.0 Å². The van der Waals surface area contributed by atoms with Gasteiger partial charge in [0.15, 0.2) is 10.1 Å². The number of rotatable bonds is 33. The van der Waals surface area contributed by atoms with Crippen molar-refractivity contribution in [1.29, 1.82) is 5.26 Å². The SMILES string of the molecule is CC#N.CCCCCCCCCCC(=O)Cl.CCCCCCCCCCC(=O)OCCOC(=O)CS(=O)(=O)[O-].CCN(CC)CC.CC[NH+](CC)CC.CI.I[I-]I.O=C(OCCO)C(F)(F)S(=O)(=O)[O-].[Na+]. The average Bonchev–Trinajstić information content (AvgIpc) is 3.31. The summed E-state index contributed by atoms with van der Waals surface area (Å²) in [5.74, 6) is -5.21. The summed E-state index contributed by atoms with van der Waals surface area (Å²) in [4.78, 5) is 48.9. The van der Waals surface area contributed by atoms with Gasteiger partial charge in [0.05, 0.1) is 32.3 Å². The predicted octanol–water partition coefficient (Wildman–Crippen LogP) is 3.73. The molecule has 432 valence electrons. The molecule has 0 saturated carbocycles. The van der Waals surface area contributed by atoms with E-state index >= 15 is 0 Å². The molecule has 0 amide bonds. The van der Waals surface area contributed by atoms with E-state index in [0.717, 1.165) is 32.1 Å². The fraction of sp³-hybridized carbons (Fsp3) is 0.889. The second-order valence-corrected chi connectivity index (χ2v) is 34.0. The average molecular weight is 1570 g/mol. The Morgan fingerprint density at radius 3 is 1.24 bits per heavy atom. The van der Waals surface area contributed by atoms with E-state index < -0.39 is 56.4 Å². The van der Waals surface area contributed by atoms with Crippen LogP contribution in [0.25, 0.3) is 0 Å². The Morgan fingerprint density at radius 2 is 0.986 bits per heavy atom. The standard InChI is InChI=1S/C15H28O7S.C11H21ClO.2C6H15N.C4H6F2O6S.C2H3N.CH3I.I3.Na/c1-2-3-4-5-6-7-8-9-10-14(16)21-11-12-22-15(17)13-23(18,19)20;1-2-3-4-5-6-7-8-9-10-11(12)13;2*1-4-7(5-2)6-3;5-4(6,13(9,10)11)3(8)12-2-1-7;1-2-3;1-2;1-3-2;/h2-13H2,1H3,(H,18,19,20);2-10H2,1H3;2*4-6H2,1-3H3;7H,1-2H2,(H,9,10,11);1H3;1H3;;/q;;;;;;;-1;+1/p-1. The van der Waals surface area contributed by atoms with E-state index in [1.165, 1.54) is 117 Å². The minimum Gasteiger partial charge on any atom is -0.743 e. The molecule has 0 unspecified atom stereocenters. The Hall–Kier alpha value is 1.34. The summed E-state index contributed by atoms with van der Waals surface area (Å²) >= 11 is 12.7. The predicted molar refractivity (Wildman–Crippen MR) is 300 cm³/mol. The zero-order valence-electron chi connectivity index (χ0n) is 45.1. The Labute approximate surface area is 505 Å². The van der Waals surface area contributed by atoms with Crippen LogP contribution in [-0.2, 0) is 53.6 Å². The summed E-state index contributed by atoms with van der Waals surface area (Å²) in [6.07, 6.45) is 20.0. The number of nitriles is 1. The van der Waals surface area contributed by atoms with Gasteiger partial charge >= 0.3 is 103 Å². The number of esters is 3. The fourth-order valence-corrected chi connectivity index (χ4v) is 5.88. The number of unbranched alkanes of at least 4 members (excludes halogenated alkanes) is 14. The largest absolute Gasteiger partial charge is 1.00 e. The number of nitrogens with one attached hydrogen (secondary N) is 1. The van der Waals surface area contributed by atoms with E-state index in [1.54, 1.807) is 11.0 Å². The molecule has 0 spiro atoms. The molecule has 0 saturated heterocycles. The number of nitrogens with zero attached hydrogens (tertiary/aromatic N) is 2. The molecule has 2 N–H and O–H groups in total. The molecule has 0 rings (SSSR count). The van der Waals surface area contributed by atoms with Crippen LogP contribution < -0.4 is 47.7 Å². The molecule has 0 aromatic carbocycles. The van der Waals surface area contributed by atoms with Gasteiger partial charge in [-0.2, -0.15) is 14.0 Å². The number of carbonyl (C=O) groups is 4. The molecule has 0 aliphatic carbocycles. The topological polar surface area (TPSA) is 262 Å². The van der Waals surface area contributed by atoms with Gasteiger partial charge in [0.25, 0.3) is 0 Å². The Bertz CT molecular complexity index is 1420. The van der Waals surface area contributed by atoms with Crippen molar-refractivity contribution in [2.24, 2.45) is 0 Å². The van der Waals surface area contributed by atoms with Crippen molar-refractivity contribution in [3.63, 3.8) is 0 Å². The van der Waals surface area contributed by atoms with Crippen LogP contribution in [0.1, 0.15) is 178 Å². The number of aliphatic hydroxyl groups excluding tert-OH is 1. The van der Waals surface area contributed by atoms with Crippen LogP contribution in [-0.4, -0.2) is 141 Å². The van der Waals surface area contributed by atoms with Gasteiger partial charge in [-0.1, -0.05) is 147 Å². The van der Waals surface area contributed by atoms with E-state index in [1.807, 2.05) is 4.93 Å². The summed E-state index contributed by atoms with van der Waals surface area (Å²) in [7, 11) is -10.7. The first-order chi connectivity index (χ1) is 33.4.